The third-order valence-corrected chi connectivity index (χ3v) is 5.19. The van der Waals surface area contributed by atoms with Crippen LogP contribution in [0.15, 0.2) is 59.6 Å². The number of anilines is 1. The van der Waals surface area contributed by atoms with E-state index in [2.05, 4.69) is 5.32 Å². The maximum Gasteiger partial charge on any atom is 0.409 e. The molecule has 0 aliphatic carbocycles. The minimum atomic E-state index is -3.74. The van der Waals surface area contributed by atoms with Crippen molar-refractivity contribution in [2.45, 2.75) is 11.8 Å². The van der Waals surface area contributed by atoms with Gasteiger partial charge in [0.25, 0.3) is 10.0 Å². The molecule has 0 radical (unpaired) electrons. The number of fused-ring (bicyclic) bond motifs is 1. The number of aryl methyl sites for hydroxylation is 1. The molecule has 0 saturated carbocycles. The molecule has 1 heterocycles. The van der Waals surface area contributed by atoms with Crippen LogP contribution >= 0.6 is 0 Å². The van der Waals surface area contributed by atoms with E-state index in [4.69, 9.17) is 5.11 Å². The summed E-state index contributed by atoms with van der Waals surface area (Å²) in [5.41, 5.74) is 1.69. The molecule has 3 aromatic rings. The molecule has 1 aromatic heterocycles. The molecule has 0 aliphatic heterocycles. The number of hydrogen-bond donors (Lipinski definition) is 2. The summed E-state index contributed by atoms with van der Waals surface area (Å²) >= 11 is 0. The van der Waals surface area contributed by atoms with Crippen LogP contribution in [-0.4, -0.2) is 23.6 Å². The largest absolute Gasteiger partial charge is 0.465 e. The fourth-order valence-electron chi connectivity index (χ4n) is 2.34. The number of nitrogens with zero attached hydrogens (tertiary/aromatic N) is 1. The van der Waals surface area contributed by atoms with Crippen LogP contribution in [-0.2, 0) is 10.0 Å². The van der Waals surface area contributed by atoms with Gasteiger partial charge in [-0.15, -0.1) is 0 Å². The fraction of sp³-hybridized carbons (Fsp3) is 0.0625. The van der Waals surface area contributed by atoms with E-state index in [1.165, 1.54) is 12.3 Å². The second kappa shape index (κ2) is 5.44. The molecule has 1 amide bonds. The second-order valence-corrected chi connectivity index (χ2v) is 6.95. The standard InChI is InChI=1S/C16H14N2O4S/c1-11-2-6-14(7-3-11)23(21,22)18-9-8-12-4-5-13(10-15(12)18)17-16(19)20/h2-10,17H,1H3,(H,19,20). The normalized spacial score (nSPS) is 11.5. The summed E-state index contributed by atoms with van der Waals surface area (Å²) < 4.78 is 26.7. The highest BCUT2D eigenvalue weighted by atomic mass is 32.2. The smallest absolute Gasteiger partial charge is 0.409 e. The van der Waals surface area contributed by atoms with Gasteiger partial charge in [-0.05, 0) is 37.3 Å². The predicted molar refractivity (Wildman–Crippen MR) is 87.3 cm³/mol. The maximum absolute atomic E-state index is 12.8. The number of carbonyl (C=O) groups is 1. The lowest BCUT2D eigenvalue weighted by Crippen LogP contribution is -2.12. The monoisotopic (exact) mass is 330 g/mol. The zero-order valence-electron chi connectivity index (χ0n) is 12.2. The molecule has 2 N–H and O–H groups in total. The van der Waals surface area contributed by atoms with E-state index >= 15 is 0 Å². The predicted octanol–water partition coefficient (Wildman–Crippen LogP) is 3.28. The highest BCUT2D eigenvalue weighted by molar-refractivity contribution is 7.90. The summed E-state index contributed by atoms with van der Waals surface area (Å²) in [5, 5.41) is 11.7. The van der Waals surface area contributed by atoms with Gasteiger partial charge in [0.15, 0.2) is 0 Å². The number of aromatic nitrogens is 1. The van der Waals surface area contributed by atoms with E-state index < -0.39 is 16.1 Å². The van der Waals surface area contributed by atoms with Crippen LogP contribution in [0.4, 0.5) is 10.5 Å². The topological polar surface area (TPSA) is 88.4 Å². The molecule has 6 nitrogen and oxygen atoms in total. The fourth-order valence-corrected chi connectivity index (χ4v) is 3.68. The average molecular weight is 330 g/mol. The van der Waals surface area contributed by atoms with E-state index in [1.54, 1.807) is 42.5 Å². The quantitative estimate of drug-likeness (QED) is 0.771. The summed E-state index contributed by atoms with van der Waals surface area (Å²) in [4.78, 5) is 10.9. The van der Waals surface area contributed by atoms with Gasteiger partial charge in [-0.1, -0.05) is 23.8 Å². The Kier molecular flexibility index (Phi) is 3.57. The first kappa shape index (κ1) is 15.1. The maximum atomic E-state index is 12.8. The molecule has 2 aromatic carbocycles. The first-order valence-electron chi connectivity index (χ1n) is 6.81. The number of nitrogens with one attached hydrogen (secondary N) is 1. The van der Waals surface area contributed by atoms with Gasteiger partial charge >= 0.3 is 6.09 Å². The molecule has 118 valence electrons. The van der Waals surface area contributed by atoms with E-state index in [9.17, 15) is 13.2 Å². The van der Waals surface area contributed by atoms with Crippen molar-refractivity contribution in [2.24, 2.45) is 0 Å². The Balaban J connectivity index is 2.15. The second-order valence-electron chi connectivity index (χ2n) is 5.13. The number of benzene rings is 2. The van der Waals surface area contributed by atoms with Crippen LogP contribution in [0.25, 0.3) is 10.9 Å². The lowest BCUT2D eigenvalue weighted by atomic mass is 10.2. The third-order valence-electron chi connectivity index (χ3n) is 3.49. The van der Waals surface area contributed by atoms with Gasteiger partial charge in [0, 0.05) is 17.3 Å². The molecule has 3 rings (SSSR count). The summed E-state index contributed by atoms with van der Waals surface area (Å²) in [5.74, 6) is 0. The summed E-state index contributed by atoms with van der Waals surface area (Å²) in [6, 6.07) is 13.0. The zero-order valence-corrected chi connectivity index (χ0v) is 13.0. The first-order valence-corrected chi connectivity index (χ1v) is 8.25. The summed E-state index contributed by atoms with van der Waals surface area (Å²) in [6.07, 6.45) is 0.258. The third kappa shape index (κ3) is 2.78. The number of amides is 1. The van der Waals surface area contributed by atoms with Crippen molar-refractivity contribution in [3.8, 4) is 0 Å². The molecule has 0 fully saturated rings. The molecule has 7 heteroatoms. The highest BCUT2D eigenvalue weighted by Gasteiger charge is 2.19. The van der Waals surface area contributed by atoms with E-state index in [1.807, 2.05) is 6.92 Å². The number of rotatable bonds is 3. The first-order chi connectivity index (χ1) is 10.9. The Morgan fingerprint density at radius 1 is 1.09 bits per heavy atom. The zero-order chi connectivity index (χ0) is 16.6. The van der Waals surface area contributed by atoms with Gasteiger partial charge in [0.1, 0.15) is 0 Å². The van der Waals surface area contributed by atoms with Crippen molar-refractivity contribution in [3.05, 3.63) is 60.3 Å². The minimum absolute atomic E-state index is 0.178. The lowest BCUT2D eigenvalue weighted by molar-refractivity contribution is 0.210. The van der Waals surface area contributed by atoms with Crippen LogP contribution in [0.1, 0.15) is 5.56 Å². The molecule has 0 atom stereocenters. The van der Waals surface area contributed by atoms with Crippen LogP contribution in [0.5, 0.6) is 0 Å². The summed E-state index contributed by atoms with van der Waals surface area (Å²) in [7, 11) is -3.74. The van der Waals surface area contributed by atoms with Gasteiger partial charge < -0.3 is 5.11 Å². The van der Waals surface area contributed by atoms with Crippen molar-refractivity contribution in [2.75, 3.05) is 5.32 Å². The molecule has 0 saturated heterocycles. The van der Waals surface area contributed by atoms with Crippen LogP contribution < -0.4 is 5.32 Å². The summed E-state index contributed by atoms with van der Waals surface area (Å²) in [6.45, 7) is 1.88. The molecule has 0 aliphatic rings. The Morgan fingerprint density at radius 3 is 2.43 bits per heavy atom. The SMILES string of the molecule is Cc1ccc(S(=O)(=O)n2ccc3ccc(NC(=O)O)cc32)cc1. The molecule has 23 heavy (non-hydrogen) atoms. The molecule has 0 spiro atoms. The van der Waals surface area contributed by atoms with E-state index in [0.29, 0.717) is 16.6 Å². The Bertz CT molecular complexity index is 989. The molecule has 0 bridgehead atoms. The van der Waals surface area contributed by atoms with Gasteiger partial charge in [-0.25, -0.2) is 17.2 Å². The van der Waals surface area contributed by atoms with E-state index in [0.717, 1.165) is 9.54 Å². The van der Waals surface area contributed by atoms with Crippen LogP contribution in [0, 0.1) is 6.92 Å². The molecule has 0 unspecified atom stereocenters. The van der Waals surface area contributed by atoms with Gasteiger partial charge in [-0.2, -0.15) is 0 Å². The van der Waals surface area contributed by atoms with Gasteiger partial charge in [-0.3, -0.25) is 5.32 Å². The van der Waals surface area contributed by atoms with Crippen molar-refractivity contribution >= 4 is 32.7 Å². The highest BCUT2D eigenvalue weighted by Crippen LogP contribution is 2.25. The molecular formula is C16H14N2O4S. The average Bonchev–Trinajstić information content (AvgIpc) is 2.91. The lowest BCUT2D eigenvalue weighted by Gasteiger charge is -2.09. The van der Waals surface area contributed by atoms with Crippen LogP contribution in [0.3, 0.4) is 0 Å². The van der Waals surface area contributed by atoms with Crippen molar-refractivity contribution in [3.63, 3.8) is 0 Å². The van der Waals surface area contributed by atoms with Gasteiger partial charge in [0.05, 0.1) is 10.4 Å². The van der Waals surface area contributed by atoms with Crippen molar-refractivity contribution in [1.82, 2.24) is 3.97 Å². The van der Waals surface area contributed by atoms with Crippen LogP contribution in [0.2, 0.25) is 0 Å². The number of carboxylic acid groups (broad SMARTS) is 1. The Labute approximate surface area is 133 Å². The molecular weight excluding hydrogens is 316 g/mol. The van der Waals surface area contributed by atoms with Crippen molar-refractivity contribution < 1.29 is 18.3 Å². The van der Waals surface area contributed by atoms with Gasteiger partial charge in [0.2, 0.25) is 0 Å². The number of hydrogen-bond acceptors (Lipinski definition) is 3. The Hall–Kier alpha value is -2.80. The minimum Gasteiger partial charge on any atom is -0.465 e. The van der Waals surface area contributed by atoms with E-state index in [-0.39, 0.29) is 4.90 Å². The van der Waals surface area contributed by atoms with Crippen molar-refractivity contribution in [1.29, 1.82) is 0 Å². The Morgan fingerprint density at radius 2 is 1.78 bits per heavy atom.